The van der Waals surface area contributed by atoms with Crippen molar-refractivity contribution in [2.24, 2.45) is 0 Å². The number of likely N-dealkylation sites (tertiary alicyclic amines) is 1. The second-order valence-corrected chi connectivity index (χ2v) is 21.8. The Balaban J connectivity index is 0.816. The number of sulfonamides is 1. The first-order valence-corrected chi connectivity index (χ1v) is 25.4. The highest BCUT2D eigenvalue weighted by Gasteiger charge is 2.43. The van der Waals surface area contributed by atoms with Crippen LogP contribution in [0.1, 0.15) is 89.4 Å². The Morgan fingerprint density at radius 2 is 1.70 bits per heavy atom. The quantitative estimate of drug-likeness (QED) is 0.0709. The molecule has 5 heterocycles. The molecule has 4 aliphatic heterocycles. The van der Waals surface area contributed by atoms with Crippen molar-refractivity contribution >= 4 is 96.5 Å². The predicted molar refractivity (Wildman–Crippen MR) is 261 cm³/mol. The number of aliphatic carboxylic acids is 1. The van der Waals surface area contributed by atoms with Crippen LogP contribution in [0.3, 0.4) is 0 Å². The fourth-order valence-corrected chi connectivity index (χ4v) is 13.6. The van der Waals surface area contributed by atoms with Crippen LogP contribution in [0, 0.1) is 5.82 Å². The molecule has 5 amide bonds. The molecule has 5 aromatic rings. The fraction of sp³-hybridized carbons (Fsp3) is 0.347. The van der Waals surface area contributed by atoms with Crippen molar-refractivity contribution in [1.29, 1.82) is 0 Å². The Labute approximate surface area is 410 Å². The van der Waals surface area contributed by atoms with Gasteiger partial charge >= 0.3 is 18.0 Å². The highest BCUT2D eigenvalue weighted by Crippen LogP contribution is 2.47. The van der Waals surface area contributed by atoms with Crippen LogP contribution in [0.5, 0.6) is 5.75 Å². The molecule has 2 atom stereocenters. The standard InChI is InChI=1S/C49H48ClFN6O11S2/c1-49(2)23-31(52-29-6-3-5-27(21-29)43-41(50)42(68-24-39(59)60)44(69-43)47(63)64)17-20-56(49)70(66,67)25-28-22-30(9-11-35(28)51)53-48(65)55-18-15-26(16-19-55)32-10-12-36-40-33(32)7-4-8-34(40)46(62)57(36)37-13-14-38(58)54-45(37)61/h3-12,21-22,26,31,37,52H,13-20,23-25H2,1-2H3,(H,53,65)(H,59,60)(H,63,64)(H,54,58,61)/t31-,37?/m1/s1. The molecule has 5 N–H and O–H groups in total. The summed E-state index contributed by atoms with van der Waals surface area (Å²) in [6.45, 7) is 3.75. The van der Waals surface area contributed by atoms with E-state index in [1.807, 2.05) is 24.3 Å². The summed E-state index contributed by atoms with van der Waals surface area (Å²) in [6.07, 6.45) is 2.40. The van der Waals surface area contributed by atoms with E-state index in [2.05, 4.69) is 16.0 Å². The van der Waals surface area contributed by atoms with E-state index < -0.39 is 63.7 Å². The Kier molecular flexibility index (Phi) is 13.1. The van der Waals surface area contributed by atoms with Gasteiger partial charge in [0, 0.05) is 65.5 Å². The fourth-order valence-electron chi connectivity index (χ4n) is 10.2. The number of anilines is 3. The zero-order valence-corrected chi connectivity index (χ0v) is 40.3. The number of thiophene rings is 1. The maximum absolute atomic E-state index is 15.4. The number of hydrogen-bond donors (Lipinski definition) is 5. The van der Waals surface area contributed by atoms with Gasteiger partial charge in [0.25, 0.3) is 5.91 Å². The zero-order valence-electron chi connectivity index (χ0n) is 37.9. The van der Waals surface area contributed by atoms with Crippen molar-refractivity contribution in [1.82, 2.24) is 14.5 Å². The largest absolute Gasteiger partial charge is 0.479 e. The molecule has 1 aromatic heterocycles. The Morgan fingerprint density at radius 3 is 2.41 bits per heavy atom. The lowest BCUT2D eigenvalue weighted by Gasteiger charge is -2.45. The predicted octanol–water partition coefficient (Wildman–Crippen LogP) is 7.88. The lowest BCUT2D eigenvalue weighted by molar-refractivity contribution is -0.139. The number of rotatable bonds is 13. The second-order valence-electron chi connectivity index (χ2n) is 18.5. The van der Waals surface area contributed by atoms with Gasteiger partial charge in [-0.15, -0.1) is 11.3 Å². The number of nitrogens with one attached hydrogen (secondary N) is 3. The lowest BCUT2D eigenvalue weighted by atomic mass is 9.85. The average molecular weight is 1020 g/mol. The summed E-state index contributed by atoms with van der Waals surface area (Å²) in [5.74, 6) is -5.29. The number of amides is 5. The summed E-state index contributed by atoms with van der Waals surface area (Å²) in [5.41, 5.74) is 2.62. The van der Waals surface area contributed by atoms with E-state index in [1.54, 1.807) is 49.1 Å². The molecular weight excluding hydrogens is 967 g/mol. The first-order valence-electron chi connectivity index (χ1n) is 22.6. The molecule has 9 rings (SSSR count). The molecule has 3 saturated heterocycles. The van der Waals surface area contributed by atoms with Crippen LogP contribution >= 0.6 is 22.9 Å². The molecule has 70 heavy (non-hydrogen) atoms. The molecular formula is C49H48ClFN6O11S2. The van der Waals surface area contributed by atoms with Crippen molar-refractivity contribution in [3.05, 3.63) is 105 Å². The molecule has 21 heteroatoms. The summed E-state index contributed by atoms with van der Waals surface area (Å²) < 4.78 is 50.1. The average Bonchev–Trinajstić information content (AvgIpc) is 3.79. The van der Waals surface area contributed by atoms with Crippen LogP contribution in [-0.4, -0.2) is 107 Å². The van der Waals surface area contributed by atoms with Gasteiger partial charge in [0.15, 0.2) is 17.2 Å². The summed E-state index contributed by atoms with van der Waals surface area (Å²) in [7, 11) is -4.08. The van der Waals surface area contributed by atoms with Gasteiger partial charge in [-0.3, -0.25) is 24.6 Å². The smallest absolute Gasteiger partial charge is 0.349 e. The molecule has 366 valence electrons. The maximum atomic E-state index is 15.4. The van der Waals surface area contributed by atoms with Crippen LogP contribution in [0.15, 0.2) is 72.8 Å². The van der Waals surface area contributed by atoms with E-state index >= 15 is 4.39 Å². The van der Waals surface area contributed by atoms with Gasteiger partial charge in [0.2, 0.25) is 21.8 Å². The second kappa shape index (κ2) is 19.0. The SMILES string of the molecule is CC1(C)C[C@H](Nc2cccc(-c3sc(C(=O)O)c(OCC(=O)O)c3Cl)c2)CCN1S(=O)(=O)Cc1cc(NC(=O)N2CCC(c3ccc4c5c(cccc35)C(=O)N4C3CCC(=O)NC3=O)CC2)ccc1F. The van der Waals surface area contributed by atoms with Gasteiger partial charge < -0.3 is 30.5 Å². The van der Waals surface area contributed by atoms with Gasteiger partial charge in [-0.2, -0.15) is 4.31 Å². The third kappa shape index (κ3) is 9.39. The Hall–Kier alpha value is -6.61. The van der Waals surface area contributed by atoms with E-state index in [0.29, 0.717) is 66.2 Å². The number of carbonyl (C=O) groups is 6. The minimum Gasteiger partial charge on any atom is -0.479 e. The first kappa shape index (κ1) is 48.4. The van der Waals surface area contributed by atoms with Crippen molar-refractivity contribution in [3.8, 4) is 16.2 Å². The molecule has 0 spiro atoms. The molecule has 0 saturated carbocycles. The third-order valence-electron chi connectivity index (χ3n) is 13.4. The van der Waals surface area contributed by atoms with Gasteiger partial charge in [-0.25, -0.2) is 27.2 Å². The van der Waals surface area contributed by atoms with E-state index in [-0.39, 0.29) is 70.1 Å². The topological polar surface area (TPSA) is 232 Å². The van der Waals surface area contributed by atoms with Gasteiger partial charge in [-0.05, 0) is 111 Å². The van der Waals surface area contributed by atoms with Gasteiger partial charge in [-0.1, -0.05) is 41.9 Å². The number of carbonyl (C=O) groups excluding carboxylic acids is 4. The molecule has 0 bridgehead atoms. The molecule has 1 unspecified atom stereocenters. The summed E-state index contributed by atoms with van der Waals surface area (Å²) in [4.78, 5) is 78.2. The van der Waals surface area contributed by atoms with E-state index in [0.717, 1.165) is 33.7 Å². The lowest BCUT2D eigenvalue weighted by Crippen LogP contribution is -2.55. The number of carboxylic acid groups (broad SMARTS) is 2. The minimum absolute atomic E-state index is 0.0299. The minimum atomic E-state index is -4.08. The highest BCUT2D eigenvalue weighted by atomic mass is 35.5. The van der Waals surface area contributed by atoms with Crippen LogP contribution in [0.2, 0.25) is 5.02 Å². The van der Waals surface area contributed by atoms with Crippen molar-refractivity contribution < 1.29 is 56.5 Å². The number of halogens is 2. The van der Waals surface area contributed by atoms with Crippen molar-refractivity contribution in [2.45, 2.75) is 81.7 Å². The number of benzene rings is 4. The molecule has 0 aliphatic carbocycles. The highest BCUT2D eigenvalue weighted by molar-refractivity contribution is 7.88. The number of ether oxygens (including phenoxy) is 1. The molecule has 0 radical (unpaired) electrons. The van der Waals surface area contributed by atoms with Gasteiger partial charge in [0.1, 0.15) is 16.9 Å². The van der Waals surface area contributed by atoms with Crippen LogP contribution in [0.4, 0.5) is 26.2 Å². The normalized spacial score (nSPS) is 19.6. The molecule has 17 nitrogen and oxygen atoms in total. The summed E-state index contributed by atoms with van der Waals surface area (Å²) in [6, 6.07) is 18.9. The van der Waals surface area contributed by atoms with Crippen LogP contribution in [0.25, 0.3) is 21.2 Å². The van der Waals surface area contributed by atoms with E-state index in [4.69, 9.17) is 21.4 Å². The number of urea groups is 1. The number of carboxylic acids is 2. The maximum Gasteiger partial charge on any atom is 0.349 e. The third-order valence-corrected chi connectivity index (χ3v) is 17.1. The van der Waals surface area contributed by atoms with E-state index in [9.17, 15) is 42.3 Å². The molecule has 3 fully saturated rings. The first-order chi connectivity index (χ1) is 33.3. The monoisotopic (exact) mass is 1010 g/mol. The van der Waals surface area contributed by atoms with Crippen molar-refractivity contribution in [2.75, 3.05) is 41.8 Å². The van der Waals surface area contributed by atoms with E-state index in [1.165, 1.54) is 21.3 Å². The molecule has 4 aromatic carbocycles. The number of piperidine rings is 3. The Morgan fingerprint density at radius 1 is 0.943 bits per heavy atom. The number of aromatic carboxylic acids is 1. The Bertz CT molecular complexity index is 3120. The van der Waals surface area contributed by atoms with Gasteiger partial charge in [0.05, 0.1) is 16.3 Å². The number of nitrogens with zero attached hydrogens (tertiary/aromatic N) is 3. The van der Waals surface area contributed by atoms with Crippen LogP contribution in [-0.2, 0) is 30.2 Å². The summed E-state index contributed by atoms with van der Waals surface area (Å²) >= 11 is 7.37. The van der Waals surface area contributed by atoms with Crippen LogP contribution < -0.4 is 25.6 Å². The number of hydrogen-bond acceptors (Lipinski definition) is 11. The summed E-state index contributed by atoms with van der Waals surface area (Å²) in [5, 5.41) is 29.0. The number of imide groups is 1. The van der Waals surface area contributed by atoms with Crippen molar-refractivity contribution in [3.63, 3.8) is 0 Å². The zero-order chi connectivity index (χ0) is 49.8. The molecule has 4 aliphatic rings.